The quantitative estimate of drug-likeness (QED) is 0.0195. The van der Waals surface area contributed by atoms with Gasteiger partial charge in [-0.2, -0.15) is 0 Å². The Labute approximate surface area is 461 Å². The van der Waals surface area contributed by atoms with Crippen molar-refractivity contribution in [3.8, 4) is 0 Å². The van der Waals surface area contributed by atoms with Gasteiger partial charge in [-0.3, -0.25) is 9.59 Å². The molecule has 0 radical (unpaired) electrons. The monoisotopic (exact) mass is 1060 g/mol. The van der Waals surface area contributed by atoms with E-state index in [1.54, 1.807) is 6.08 Å². The van der Waals surface area contributed by atoms with E-state index in [1.807, 2.05) is 6.08 Å². The van der Waals surface area contributed by atoms with E-state index in [-0.39, 0.29) is 18.5 Å². The second-order valence-electron chi connectivity index (χ2n) is 22.5. The smallest absolute Gasteiger partial charge is 0.305 e. The zero-order chi connectivity index (χ0) is 54.5. The summed E-state index contributed by atoms with van der Waals surface area (Å²) in [6.07, 6.45) is 55.6. The number of nitrogens with one attached hydrogen (secondary N) is 1. The van der Waals surface area contributed by atoms with Crippen molar-refractivity contribution >= 4 is 11.9 Å². The fourth-order valence-corrected chi connectivity index (χ4v) is 10.2. The van der Waals surface area contributed by atoms with Gasteiger partial charge in [-0.1, -0.05) is 276 Å². The summed E-state index contributed by atoms with van der Waals surface area (Å²) in [5, 5.41) is 54.5. The first-order valence-electron chi connectivity index (χ1n) is 32.1. The Balaban J connectivity index is 2.08. The summed E-state index contributed by atoms with van der Waals surface area (Å²) in [7, 11) is 0. The molecular formula is C64H121NO10. The lowest BCUT2D eigenvalue weighted by Gasteiger charge is -2.40. The number of hydrogen-bond acceptors (Lipinski definition) is 10. The molecule has 1 heterocycles. The minimum absolute atomic E-state index is 0.00152. The molecular weight excluding hydrogens is 943 g/mol. The van der Waals surface area contributed by atoms with E-state index < -0.39 is 49.5 Å². The van der Waals surface area contributed by atoms with E-state index >= 15 is 0 Å². The lowest BCUT2D eigenvalue weighted by atomic mass is 9.99. The molecule has 7 atom stereocenters. The first kappa shape index (κ1) is 71.2. The average Bonchev–Trinajstić information content (AvgIpc) is 3.41. The van der Waals surface area contributed by atoms with Gasteiger partial charge in [0.2, 0.25) is 5.91 Å². The molecule has 0 aromatic carbocycles. The van der Waals surface area contributed by atoms with E-state index in [0.717, 1.165) is 57.8 Å². The van der Waals surface area contributed by atoms with Crippen LogP contribution in [0.15, 0.2) is 24.3 Å². The molecule has 11 heteroatoms. The second kappa shape index (κ2) is 54.1. The molecule has 1 fully saturated rings. The number of carbonyl (C=O) groups excluding carboxylic acids is 2. The van der Waals surface area contributed by atoms with Gasteiger partial charge in [-0.25, -0.2) is 0 Å². The number of ether oxygens (including phenoxy) is 3. The van der Waals surface area contributed by atoms with Gasteiger partial charge in [-0.15, -0.1) is 0 Å². The van der Waals surface area contributed by atoms with Crippen LogP contribution in [0.5, 0.6) is 0 Å². The molecule has 0 saturated carbocycles. The molecule has 1 saturated heterocycles. The van der Waals surface area contributed by atoms with Crippen molar-refractivity contribution in [1.29, 1.82) is 0 Å². The number of esters is 1. The Hall–Kier alpha value is -1.86. The summed E-state index contributed by atoms with van der Waals surface area (Å²) < 4.78 is 16.7. The number of hydrogen-bond donors (Lipinski definition) is 6. The van der Waals surface area contributed by atoms with E-state index in [1.165, 1.54) is 225 Å². The number of carbonyl (C=O) groups is 2. The largest absolute Gasteiger partial charge is 0.466 e. The zero-order valence-corrected chi connectivity index (χ0v) is 48.8. The highest BCUT2D eigenvalue weighted by molar-refractivity contribution is 5.76. The molecule has 1 amide bonds. The third-order valence-electron chi connectivity index (χ3n) is 15.3. The number of aliphatic hydroxyl groups excluding tert-OH is 5. The Morgan fingerprint density at radius 1 is 0.480 bits per heavy atom. The Morgan fingerprint density at radius 3 is 1.32 bits per heavy atom. The van der Waals surface area contributed by atoms with E-state index in [0.29, 0.717) is 19.4 Å². The fourth-order valence-electron chi connectivity index (χ4n) is 10.2. The summed E-state index contributed by atoms with van der Waals surface area (Å²) in [5.74, 6) is -0.192. The van der Waals surface area contributed by atoms with Gasteiger partial charge in [0.25, 0.3) is 0 Å². The molecule has 6 N–H and O–H groups in total. The fraction of sp³-hybridized carbons (Fsp3) is 0.906. The molecule has 0 spiro atoms. The molecule has 0 bridgehead atoms. The lowest BCUT2D eigenvalue weighted by Crippen LogP contribution is -2.60. The van der Waals surface area contributed by atoms with Crippen LogP contribution >= 0.6 is 0 Å². The zero-order valence-electron chi connectivity index (χ0n) is 48.8. The summed E-state index contributed by atoms with van der Waals surface area (Å²) in [6.45, 7) is 4.34. The number of allylic oxidation sites excluding steroid dienone is 3. The van der Waals surface area contributed by atoms with E-state index in [9.17, 15) is 35.1 Å². The van der Waals surface area contributed by atoms with E-state index in [4.69, 9.17) is 14.2 Å². The molecule has 0 aromatic rings. The first-order valence-corrected chi connectivity index (χ1v) is 32.1. The van der Waals surface area contributed by atoms with Gasteiger partial charge in [0.1, 0.15) is 24.4 Å². The van der Waals surface area contributed by atoms with Gasteiger partial charge in [0.05, 0.1) is 32.0 Å². The molecule has 1 aliphatic heterocycles. The van der Waals surface area contributed by atoms with Crippen LogP contribution in [-0.2, 0) is 23.8 Å². The number of unbranched alkanes of at least 4 members (excludes halogenated alkanes) is 40. The van der Waals surface area contributed by atoms with Gasteiger partial charge in [0.15, 0.2) is 6.29 Å². The van der Waals surface area contributed by atoms with Crippen molar-refractivity contribution in [3.05, 3.63) is 24.3 Å². The molecule has 7 unspecified atom stereocenters. The Morgan fingerprint density at radius 2 is 0.867 bits per heavy atom. The van der Waals surface area contributed by atoms with Crippen LogP contribution in [0.4, 0.5) is 0 Å². The van der Waals surface area contributed by atoms with Crippen molar-refractivity contribution in [2.45, 2.75) is 352 Å². The molecule has 442 valence electrons. The molecule has 1 aliphatic rings. The van der Waals surface area contributed by atoms with Crippen LogP contribution in [0.2, 0.25) is 0 Å². The number of aliphatic hydroxyl groups is 5. The summed E-state index contributed by atoms with van der Waals surface area (Å²) in [5.41, 5.74) is 0. The third kappa shape index (κ3) is 43.7. The van der Waals surface area contributed by atoms with E-state index in [2.05, 4.69) is 31.3 Å². The van der Waals surface area contributed by atoms with Crippen LogP contribution in [0, 0.1) is 0 Å². The number of amides is 1. The Kier molecular flexibility index (Phi) is 51.3. The second-order valence-corrected chi connectivity index (χ2v) is 22.5. The molecule has 0 aliphatic carbocycles. The standard InChI is InChI=1S/C64H121NO10/c1-3-5-7-9-11-13-15-16-24-27-31-34-38-42-46-50-57(67)56(55-74-64-63(72)62(71)61(70)58(54-66)75-64)65-59(68)51-47-43-39-35-32-28-25-22-20-18-17-19-21-23-26-29-33-37-41-45-49-53-73-60(69)52-48-44-40-36-30-14-12-10-8-6-4-2/h31,34,46,50,56-58,61-64,66-67,70-72H,3-30,32-33,35-45,47-49,51-55H2,1-2H3,(H,65,68)/b34-31+,50-46+. The minimum Gasteiger partial charge on any atom is -0.466 e. The van der Waals surface area contributed by atoms with Crippen LogP contribution in [0.3, 0.4) is 0 Å². The van der Waals surface area contributed by atoms with Crippen molar-refractivity contribution < 1.29 is 49.3 Å². The van der Waals surface area contributed by atoms with Crippen LogP contribution in [0.1, 0.15) is 309 Å². The maximum Gasteiger partial charge on any atom is 0.305 e. The predicted octanol–water partition coefficient (Wildman–Crippen LogP) is 15.3. The third-order valence-corrected chi connectivity index (χ3v) is 15.3. The summed E-state index contributed by atoms with van der Waals surface area (Å²) in [6, 6.07) is -0.828. The Bertz CT molecular complexity index is 1300. The van der Waals surface area contributed by atoms with Crippen LogP contribution in [0.25, 0.3) is 0 Å². The van der Waals surface area contributed by atoms with Gasteiger partial charge in [0, 0.05) is 12.8 Å². The SMILES string of the molecule is CCCCCCCCCCC/C=C/CC/C=C/C(O)C(COC1OC(CO)C(O)C(O)C1O)NC(=O)CCCCCCCCCCCCCCCCCCCCCCCOC(=O)CCCCCCCCCCCCC. The van der Waals surface area contributed by atoms with Crippen LogP contribution in [-0.4, -0.2) is 100 Å². The highest BCUT2D eigenvalue weighted by Gasteiger charge is 2.44. The molecule has 1 rings (SSSR count). The number of rotatable bonds is 56. The lowest BCUT2D eigenvalue weighted by molar-refractivity contribution is -0.302. The maximum atomic E-state index is 13.1. The van der Waals surface area contributed by atoms with Crippen molar-refractivity contribution in [3.63, 3.8) is 0 Å². The highest BCUT2D eigenvalue weighted by Crippen LogP contribution is 2.23. The van der Waals surface area contributed by atoms with Crippen molar-refractivity contribution in [1.82, 2.24) is 5.32 Å². The van der Waals surface area contributed by atoms with Gasteiger partial charge in [-0.05, 0) is 44.9 Å². The average molecular weight is 1060 g/mol. The minimum atomic E-state index is -1.58. The molecule has 75 heavy (non-hydrogen) atoms. The van der Waals surface area contributed by atoms with Gasteiger partial charge >= 0.3 is 5.97 Å². The summed E-state index contributed by atoms with van der Waals surface area (Å²) >= 11 is 0. The van der Waals surface area contributed by atoms with Crippen molar-refractivity contribution in [2.24, 2.45) is 0 Å². The molecule has 11 nitrogen and oxygen atoms in total. The van der Waals surface area contributed by atoms with Crippen LogP contribution < -0.4 is 5.32 Å². The van der Waals surface area contributed by atoms with Crippen molar-refractivity contribution in [2.75, 3.05) is 19.8 Å². The predicted molar refractivity (Wildman–Crippen MR) is 311 cm³/mol. The normalized spacial score (nSPS) is 18.8. The summed E-state index contributed by atoms with van der Waals surface area (Å²) in [4.78, 5) is 25.1. The molecule has 0 aromatic heterocycles. The topological polar surface area (TPSA) is 175 Å². The maximum absolute atomic E-state index is 13.1. The highest BCUT2D eigenvalue weighted by atomic mass is 16.7. The van der Waals surface area contributed by atoms with Gasteiger partial charge < -0.3 is 45.1 Å². The first-order chi connectivity index (χ1) is 36.7.